The second kappa shape index (κ2) is 5.36. The summed E-state index contributed by atoms with van der Waals surface area (Å²) in [5.41, 5.74) is 2.54. The molecule has 0 N–H and O–H groups in total. The summed E-state index contributed by atoms with van der Waals surface area (Å²) >= 11 is 6.77. The largest absolute Gasteiger partial charge is 0.294 e. The maximum atomic E-state index is 12.2. The van der Waals surface area contributed by atoms with Gasteiger partial charge in [0.1, 0.15) is 0 Å². The van der Waals surface area contributed by atoms with Gasteiger partial charge in [-0.15, -0.1) is 0 Å². The van der Waals surface area contributed by atoms with E-state index in [-0.39, 0.29) is 5.78 Å². The molecule has 94 valence electrons. The van der Waals surface area contributed by atoms with Crippen molar-refractivity contribution < 1.29 is 4.79 Å². The van der Waals surface area contributed by atoms with Crippen LogP contribution in [0.1, 0.15) is 21.7 Å². The highest BCUT2D eigenvalue weighted by atomic mass is 79.9. The van der Waals surface area contributed by atoms with E-state index in [1.165, 1.54) is 0 Å². The number of hydrogen-bond donors (Lipinski definition) is 0. The number of ketones is 1. The third-order valence-electron chi connectivity index (χ3n) is 2.63. The lowest BCUT2D eigenvalue weighted by molar-refractivity contribution is 0.0990. The monoisotopic (exact) mass is 370 g/mol. The summed E-state index contributed by atoms with van der Waals surface area (Å²) in [7, 11) is 1.85. The number of halogens is 2. The molecule has 0 spiro atoms. The molecule has 18 heavy (non-hydrogen) atoms. The molecule has 0 radical (unpaired) electrons. The maximum Gasteiger partial charge on any atom is 0.168 e. The molecule has 0 aliphatic heterocycles. The summed E-state index contributed by atoms with van der Waals surface area (Å²) in [6, 6.07) is 7.50. The highest BCUT2D eigenvalue weighted by Gasteiger charge is 2.12. The highest BCUT2D eigenvalue weighted by molar-refractivity contribution is 9.11. The van der Waals surface area contributed by atoms with Gasteiger partial charge in [0.05, 0.1) is 12.1 Å². The average molecular weight is 372 g/mol. The molecular weight excluding hydrogens is 360 g/mol. The Morgan fingerprint density at radius 3 is 2.33 bits per heavy atom. The van der Waals surface area contributed by atoms with Gasteiger partial charge in [0.2, 0.25) is 0 Å². The molecule has 0 aliphatic rings. The molecule has 3 nitrogen and oxygen atoms in total. The molecule has 0 saturated carbocycles. The number of carbonyl (C=O) groups is 1. The minimum atomic E-state index is 0.0833. The molecule has 5 heteroatoms. The predicted molar refractivity (Wildman–Crippen MR) is 77.8 cm³/mol. The normalized spacial score (nSPS) is 10.7. The minimum Gasteiger partial charge on any atom is -0.294 e. The molecule has 0 amide bonds. The number of carbonyl (C=O) groups excluding carboxylic acids is 1. The van der Waals surface area contributed by atoms with E-state index in [0.29, 0.717) is 12.0 Å². The van der Waals surface area contributed by atoms with Gasteiger partial charge in [0.15, 0.2) is 5.78 Å². The van der Waals surface area contributed by atoms with E-state index in [1.807, 2.05) is 38.2 Å². The smallest absolute Gasteiger partial charge is 0.168 e. The van der Waals surface area contributed by atoms with Gasteiger partial charge < -0.3 is 0 Å². The molecule has 0 atom stereocenters. The zero-order chi connectivity index (χ0) is 13.3. The second-order valence-electron chi connectivity index (χ2n) is 4.16. The van der Waals surface area contributed by atoms with E-state index < -0.39 is 0 Å². The molecule has 2 rings (SSSR count). The van der Waals surface area contributed by atoms with E-state index in [9.17, 15) is 4.79 Å². The van der Waals surface area contributed by atoms with Gasteiger partial charge in [-0.05, 0) is 31.2 Å². The van der Waals surface area contributed by atoms with Crippen LogP contribution in [0.4, 0.5) is 0 Å². The van der Waals surface area contributed by atoms with Crippen molar-refractivity contribution >= 4 is 37.6 Å². The fourth-order valence-corrected chi connectivity index (χ4v) is 3.10. The molecule has 0 saturated heterocycles. The van der Waals surface area contributed by atoms with E-state index in [0.717, 1.165) is 20.3 Å². The Kier molecular flexibility index (Phi) is 4.02. The van der Waals surface area contributed by atoms with Gasteiger partial charge >= 0.3 is 0 Å². The molecular formula is C13H12Br2N2O. The van der Waals surface area contributed by atoms with Gasteiger partial charge in [0, 0.05) is 27.3 Å². The minimum absolute atomic E-state index is 0.0833. The van der Waals surface area contributed by atoms with Crippen LogP contribution in [0.25, 0.3) is 0 Å². The van der Waals surface area contributed by atoms with Crippen molar-refractivity contribution in [3.8, 4) is 0 Å². The Balaban J connectivity index is 2.24. The number of benzene rings is 1. The quantitative estimate of drug-likeness (QED) is 0.771. The van der Waals surface area contributed by atoms with Gasteiger partial charge in [0.25, 0.3) is 0 Å². The van der Waals surface area contributed by atoms with Gasteiger partial charge in [-0.3, -0.25) is 9.48 Å². The highest BCUT2D eigenvalue weighted by Crippen LogP contribution is 2.21. The first-order valence-electron chi connectivity index (χ1n) is 5.44. The first kappa shape index (κ1) is 13.5. The van der Waals surface area contributed by atoms with Crippen LogP contribution in [0.3, 0.4) is 0 Å². The Morgan fingerprint density at radius 1 is 1.22 bits per heavy atom. The number of aromatic nitrogens is 2. The standard InChI is InChI=1S/C13H12Br2N2O/c1-8-3-12(17(2)16-8)7-13(18)9-4-10(14)6-11(15)5-9/h3-6H,7H2,1-2H3. The summed E-state index contributed by atoms with van der Waals surface area (Å²) in [5.74, 6) is 0.0833. The Hall–Kier alpha value is -0.940. The van der Waals surface area contributed by atoms with Gasteiger partial charge in [-0.2, -0.15) is 5.10 Å². The molecule has 1 aromatic heterocycles. The first-order chi connectivity index (χ1) is 8.45. The second-order valence-corrected chi connectivity index (χ2v) is 5.99. The van der Waals surface area contributed by atoms with Gasteiger partial charge in [-0.25, -0.2) is 0 Å². The number of rotatable bonds is 3. The van der Waals surface area contributed by atoms with Crippen molar-refractivity contribution in [3.05, 3.63) is 50.2 Å². The summed E-state index contributed by atoms with van der Waals surface area (Å²) in [6.07, 6.45) is 0.361. The van der Waals surface area contributed by atoms with Crippen molar-refractivity contribution in [1.82, 2.24) is 9.78 Å². The van der Waals surface area contributed by atoms with E-state index in [2.05, 4.69) is 37.0 Å². The third-order valence-corrected chi connectivity index (χ3v) is 3.54. The lowest BCUT2D eigenvalue weighted by atomic mass is 10.1. The summed E-state index contributed by atoms with van der Waals surface area (Å²) in [6.45, 7) is 1.92. The maximum absolute atomic E-state index is 12.2. The molecule has 1 heterocycles. The fraction of sp³-hybridized carbons (Fsp3) is 0.231. The summed E-state index contributed by atoms with van der Waals surface area (Å²) < 4.78 is 3.53. The third kappa shape index (κ3) is 3.09. The van der Waals surface area contributed by atoms with E-state index in [4.69, 9.17) is 0 Å². The molecule has 2 aromatic rings. The summed E-state index contributed by atoms with van der Waals surface area (Å²) in [5, 5.41) is 4.24. The van der Waals surface area contributed by atoms with Crippen LogP contribution in [0.15, 0.2) is 33.2 Å². The number of aryl methyl sites for hydroxylation is 2. The van der Waals surface area contributed by atoms with E-state index >= 15 is 0 Å². The Morgan fingerprint density at radius 2 is 1.83 bits per heavy atom. The van der Waals surface area contributed by atoms with Gasteiger partial charge in [-0.1, -0.05) is 31.9 Å². The van der Waals surface area contributed by atoms with Crippen LogP contribution in [-0.2, 0) is 13.5 Å². The molecule has 0 unspecified atom stereocenters. The van der Waals surface area contributed by atoms with Crippen molar-refractivity contribution in [1.29, 1.82) is 0 Å². The lowest BCUT2D eigenvalue weighted by Gasteiger charge is -2.03. The lowest BCUT2D eigenvalue weighted by Crippen LogP contribution is -2.08. The van der Waals surface area contributed by atoms with Crippen molar-refractivity contribution in [2.24, 2.45) is 7.05 Å². The van der Waals surface area contributed by atoms with Crippen LogP contribution >= 0.6 is 31.9 Å². The van der Waals surface area contributed by atoms with E-state index in [1.54, 1.807) is 4.68 Å². The van der Waals surface area contributed by atoms with Crippen molar-refractivity contribution in [2.45, 2.75) is 13.3 Å². The number of nitrogens with zero attached hydrogens (tertiary/aromatic N) is 2. The van der Waals surface area contributed by atoms with Crippen molar-refractivity contribution in [3.63, 3.8) is 0 Å². The van der Waals surface area contributed by atoms with Crippen LogP contribution in [-0.4, -0.2) is 15.6 Å². The molecule has 0 bridgehead atoms. The zero-order valence-corrected chi connectivity index (χ0v) is 13.2. The zero-order valence-electron chi connectivity index (χ0n) is 10.1. The average Bonchev–Trinajstić information content (AvgIpc) is 2.56. The van der Waals surface area contributed by atoms with Crippen LogP contribution in [0.2, 0.25) is 0 Å². The van der Waals surface area contributed by atoms with Crippen LogP contribution < -0.4 is 0 Å². The van der Waals surface area contributed by atoms with Crippen molar-refractivity contribution in [2.75, 3.05) is 0 Å². The Labute approximate surface area is 122 Å². The van der Waals surface area contributed by atoms with Crippen LogP contribution in [0, 0.1) is 6.92 Å². The summed E-state index contributed by atoms with van der Waals surface area (Å²) in [4.78, 5) is 12.2. The fourth-order valence-electron chi connectivity index (χ4n) is 1.81. The van der Waals surface area contributed by atoms with Crippen LogP contribution in [0.5, 0.6) is 0 Å². The topological polar surface area (TPSA) is 34.9 Å². The number of Topliss-reactive ketones (excluding diaryl/α,β-unsaturated/α-hetero) is 1. The molecule has 0 aliphatic carbocycles. The SMILES string of the molecule is Cc1cc(CC(=O)c2cc(Br)cc(Br)c2)n(C)n1. The first-order valence-corrected chi connectivity index (χ1v) is 7.03. The molecule has 0 fully saturated rings. The number of hydrogen-bond acceptors (Lipinski definition) is 2. The Bertz CT molecular complexity index is 585. The molecule has 1 aromatic carbocycles. The predicted octanol–water partition coefficient (Wildman–Crippen LogP) is 3.68.